The van der Waals surface area contributed by atoms with Crippen molar-refractivity contribution in [2.24, 2.45) is 5.73 Å². The highest BCUT2D eigenvalue weighted by Crippen LogP contribution is 2.17. The molecule has 0 aliphatic heterocycles. The molecule has 1 aromatic carbocycles. The molecule has 2 nitrogen and oxygen atoms in total. The molecule has 1 aromatic heterocycles. The van der Waals surface area contributed by atoms with Crippen molar-refractivity contribution in [1.82, 2.24) is 4.98 Å². The third kappa shape index (κ3) is 3.02. The molecular formula is C13H12ClFN2. The minimum atomic E-state index is -0.329. The molecule has 0 fully saturated rings. The van der Waals surface area contributed by atoms with Crippen molar-refractivity contribution in [1.29, 1.82) is 0 Å². The van der Waals surface area contributed by atoms with Crippen LogP contribution in [0, 0.1) is 5.82 Å². The van der Waals surface area contributed by atoms with Crippen LogP contribution in [-0.2, 0) is 6.42 Å². The highest BCUT2D eigenvalue weighted by Gasteiger charge is 2.10. The van der Waals surface area contributed by atoms with Gasteiger partial charge in [-0.25, -0.2) is 4.39 Å². The number of nitrogens with zero attached hydrogens (tertiary/aromatic N) is 1. The molecule has 2 aromatic rings. The lowest BCUT2D eigenvalue weighted by Gasteiger charge is -2.11. The van der Waals surface area contributed by atoms with Gasteiger partial charge in [-0.3, -0.25) is 4.98 Å². The zero-order chi connectivity index (χ0) is 12.3. The Morgan fingerprint density at radius 1 is 1.24 bits per heavy atom. The molecule has 1 unspecified atom stereocenters. The Bertz CT molecular complexity index is 499. The Morgan fingerprint density at radius 2 is 2.00 bits per heavy atom. The van der Waals surface area contributed by atoms with Gasteiger partial charge < -0.3 is 5.73 Å². The summed E-state index contributed by atoms with van der Waals surface area (Å²) in [6.07, 6.45) is 1.96. The van der Waals surface area contributed by atoms with Crippen LogP contribution in [0.3, 0.4) is 0 Å². The van der Waals surface area contributed by atoms with E-state index in [1.165, 1.54) is 12.3 Å². The maximum atomic E-state index is 13.4. The van der Waals surface area contributed by atoms with E-state index in [9.17, 15) is 4.39 Å². The van der Waals surface area contributed by atoms with Crippen molar-refractivity contribution in [2.75, 3.05) is 0 Å². The summed E-state index contributed by atoms with van der Waals surface area (Å²) < 4.78 is 13.4. The van der Waals surface area contributed by atoms with Gasteiger partial charge in [0.25, 0.3) is 0 Å². The van der Waals surface area contributed by atoms with Crippen molar-refractivity contribution in [3.05, 3.63) is 64.7 Å². The van der Waals surface area contributed by atoms with Crippen molar-refractivity contribution in [2.45, 2.75) is 12.5 Å². The summed E-state index contributed by atoms with van der Waals surface area (Å²) in [6, 6.07) is 9.76. The molecule has 0 aliphatic rings. The molecule has 2 rings (SSSR count). The molecule has 88 valence electrons. The van der Waals surface area contributed by atoms with Gasteiger partial charge in [-0.15, -0.1) is 0 Å². The van der Waals surface area contributed by atoms with E-state index < -0.39 is 0 Å². The van der Waals surface area contributed by atoms with Crippen LogP contribution >= 0.6 is 11.6 Å². The lowest BCUT2D eigenvalue weighted by molar-refractivity contribution is 0.590. The first kappa shape index (κ1) is 12.0. The van der Waals surface area contributed by atoms with Gasteiger partial charge in [0, 0.05) is 6.20 Å². The van der Waals surface area contributed by atoms with Gasteiger partial charge >= 0.3 is 0 Å². The first-order chi connectivity index (χ1) is 8.16. The maximum Gasteiger partial charge on any atom is 0.126 e. The lowest BCUT2D eigenvalue weighted by Crippen LogP contribution is -2.15. The number of nitrogens with two attached hydrogens (primary N) is 1. The molecule has 0 radical (unpaired) electrons. The van der Waals surface area contributed by atoms with E-state index >= 15 is 0 Å². The average molecular weight is 251 g/mol. The summed E-state index contributed by atoms with van der Waals surface area (Å²) in [5.74, 6) is -0.239. The second-order valence-corrected chi connectivity index (χ2v) is 4.24. The van der Waals surface area contributed by atoms with Crippen LogP contribution in [0.2, 0.25) is 5.02 Å². The highest BCUT2D eigenvalue weighted by molar-refractivity contribution is 6.30. The summed E-state index contributed by atoms with van der Waals surface area (Å²) in [7, 11) is 0. The Kier molecular flexibility index (Phi) is 3.71. The van der Waals surface area contributed by atoms with E-state index in [1.54, 1.807) is 30.3 Å². The molecule has 0 amide bonds. The van der Waals surface area contributed by atoms with Crippen LogP contribution in [0.4, 0.5) is 4.39 Å². The minimum Gasteiger partial charge on any atom is -0.322 e. The zero-order valence-electron chi connectivity index (χ0n) is 9.11. The second-order valence-electron chi connectivity index (χ2n) is 3.80. The molecule has 4 heteroatoms. The number of halogens is 2. The maximum absolute atomic E-state index is 13.4. The van der Waals surface area contributed by atoms with Gasteiger partial charge in [-0.2, -0.15) is 0 Å². The van der Waals surface area contributed by atoms with E-state index in [4.69, 9.17) is 17.3 Å². The molecule has 1 atom stereocenters. The summed E-state index contributed by atoms with van der Waals surface area (Å²) in [4.78, 5) is 4.12. The summed E-state index contributed by atoms with van der Waals surface area (Å²) in [5, 5.41) is 0.562. The Balaban J connectivity index is 2.14. The predicted molar refractivity (Wildman–Crippen MR) is 66.3 cm³/mol. The van der Waals surface area contributed by atoms with Crippen LogP contribution in [0.1, 0.15) is 17.3 Å². The lowest BCUT2D eigenvalue weighted by atomic mass is 10.0. The fraction of sp³-hybridized carbons (Fsp3) is 0.154. The molecule has 0 aliphatic carbocycles. The van der Waals surface area contributed by atoms with E-state index in [0.717, 1.165) is 0 Å². The summed E-state index contributed by atoms with van der Waals surface area (Å²) >= 11 is 5.74. The Hall–Kier alpha value is -1.45. The second kappa shape index (κ2) is 5.25. The van der Waals surface area contributed by atoms with Gasteiger partial charge in [0.1, 0.15) is 5.82 Å². The Labute approximate surface area is 104 Å². The predicted octanol–water partition coefficient (Wildman–Crippen LogP) is 3.12. The minimum absolute atomic E-state index is 0.239. The van der Waals surface area contributed by atoms with E-state index in [0.29, 0.717) is 22.7 Å². The highest BCUT2D eigenvalue weighted by atomic mass is 35.5. The van der Waals surface area contributed by atoms with Crippen LogP contribution in [0.25, 0.3) is 0 Å². The summed E-state index contributed by atoms with van der Waals surface area (Å²) in [5.41, 5.74) is 7.27. The molecule has 0 saturated carbocycles. The molecule has 0 spiro atoms. The molecule has 0 bridgehead atoms. The molecule has 17 heavy (non-hydrogen) atoms. The van der Waals surface area contributed by atoms with Crippen LogP contribution in [-0.4, -0.2) is 4.98 Å². The van der Waals surface area contributed by atoms with E-state index in [-0.39, 0.29) is 11.9 Å². The number of rotatable bonds is 3. The fourth-order valence-corrected chi connectivity index (χ4v) is 1.72. The monoisotopic (exact) mass is 250 g/mol. The van der Waals surface area contributed by atoms with Crippen molar-refractivity contribution < 1.29 is 4.39 Å². The standard InChI is InChI=1S/C13H12ClFN2/c14-10-5-6-13(17-8-10)12(16)7-9-3-1-2-4-11(9)15/h1-6,8,12H,7,16H2. The van der Waals surface area contributed by atoms with Crippen LogP contribution in [0.5, 0.6) is 0 Å². The van der Waals surface area contributed by atoms with Crippen molar-refractivity contribution >= 4 is 11.6 Å². The average Bonchev–Trinajstić information content (AvgIpc) is 2.33. The Morgan fingerprint density at radius 3 is 2.65 bits per heavy atom. The SMILES string of the molecule is NC(Cc1ccccc1F)c1ccc(Cl)cn1. The third-order valence-corrected chi connectivity index (χ3v) is 2.75. The van der Waals surface area contributed by atoms with Crippen LogP contribution < -0.4 is 5.73 Å². The van der Waals surface area contributed by atoms with Crippen LogP contribution in [0.15, 0.2) is 42.6 Å². The van der Waals surface area contributed by atoms with E-state index in [2.05, 4.69) is 4.98 Å². The van der Waals surface area contributed by atoms with Gasteiger partial charge in [0.2, 0.25) is 0 Å². The normalized spacial score (nSPS) is 12.4. The number of aromatic nitrogens is 1. The molecular weight excluding hydrogens is 239 g/mol. The van der Waals surface area contributed by atoms with Crippen molar-refractivity contribution in [3.63, 3.8) is 0 Å². The number of hydrogen-bond acceptors (Lipinski definition) is 2. The topological polar surface area (TPSA) is 38.9 Å². The zero-order valence-corrected chi connectivity index (χ0v) is 9.86. The molecule has 2 N–H and O–H groups in total. The molecule has 1 heterocycles. The number of hydrogen-bond donors (Lipinski definition) is 1. The molecule has 0 saturated heterocycles. The summed E-state index contributed by atoms with van der Waals surface area (Å²) in [6.45, 7) is 0. The van der Waals surface area contributed by atoms with Gasteiger partial charge in [0.15, 0.2) is 0 Å². The van der Waals surface area contributed by atoms with E-state index in [1.807, 2.05) is 0 Å². The third-order valence-electron chi connectivity index (χ3n) is 2.53. The number of benzene rings is 1. The first-order valence-electron chi connectivity index (χ1n) is 5.27. The number of pyridine rings is 1. The van der Waals surface area contributed by atoms with Crippen molar-refractivity contribution in [3.8, 4) is 0 Å². The smallest absolute Gasteiger partial charge is 0.126 e. The van der Waals surface area contributed by atoms with Gasteiger partial charge in [-0.05, 0) is 30.2 Å². The quantitative estimate of drug-likeness (QED) is 0.909. The first-order valence-corrected chi connectivity index (χ1v) is 5.65. The van der Waals surface area contributed by atoms with Gasteiger partial charge in [0.05, 0.1) is 16.8 Å². The van der Waals surface area contributed by atoms with Gasteiger partial charge in [-0.1, -0.05) is 29.8 Å². The fourth-order valence-electron chi connectivity index (χ4n) is 1.61. The largest absolute Gasteiger partial charge is 0.322 e.